The van der Waals surface area contributed by atoms with Gasteiger partial charge in [-0.25, -0.2) is 14.4 Å². The monoisotopic (exact) mass is 358 g/mol. The smallest absolute Gasteiger partial charge is 0.159 e. The van der Waals surface area contributed by atoms with Crippen molar-refractivity contribution in [2.75, 3.05) is 0 Å². The van der Waals surface area contributed by atoms with Gasteiger partial charge in [0.05, 0.1) is 11.7 Å². The summed E-state index contributed by atoms with van der Waals surface area (Å²) < 4.78 is 12.7. The number of alkyl halides is 1. The Labute approximate surface area is 160 Å². The molecule has 0 N–H and O–H groups in total. The van der Waals surface area contributed by atoms with Gasteiger partial charge in [0.1, 0.15) is 0 Å². The lowest BCUT2D eigenvalue weighted by Crippen LogP contribution is -1.91. The van der Waals surface area contributed by atoms with Gasteiger partial charge in [0.15, 0.2) is 5.82 Å². The highest BCUT2D eigenvalue weighted by atomic mass is 19.1. The quantitative estimate of drug-likeness (QED) is 0.311. The van der Waals surface area contributed by atoms with E-state index in [9.17, 15) is 4.39 Å². The van der Waals surface area contributed by atoms with Crippen LogP contribution in [0.4, 0.5) is 4.39 Å². The van der Waals surface area contributed by atoms with Gasteiger partial charge in [-0.1, -0.05) is 48.2 Å². The van der Waals surface area contributed by atoms with Crippen molar-refractivity contribution in [1.29, 1.82) is 0 Å². The summed E-state index contributed by atoms with van der Waals surface area (Å²) in [4.78, 5) is 8.89. The molecule has 0 radical (unpaired) electrons. The number of benzene rings is 2. The molecule has 0 aliphatic rings. The van der Waals surface area contributed by atoms with E-state index in [2.05, 4.69) is 58.7 Å². The third-order valence-corrected chi connectivity index (χ3v) is 4.33. The topological polar surface area (TPSA) is 25.8 Å². The first-order chi connectivity index (χ1) is 13.2. The predicted molar refractivity (Wildman–Crippen MR) is 110 cm³/mol. The maximum Gasteiger partial charge on any atom is 0.159 e. The summed E-state index contributed by atoms with van der Waals surface area (Å²) in [6.45, 7) is 5.37. The van der Waals surface area contributed by atoms with Crippen molar-refractivity contribution >= 4 is 10.8 Å². The molecule has 0 fully saturated rings. The molecule has 0 amide bonds. The SMILES string of the molecule is C=CCc1ccc2cc(-c3ncc(C#CCCCC(C)F)cn3)ccc2c1. The molecule has 1 heterocycles. The standard InChI is InChI=1S/C24H23FN2/c1-3-7-19-10-11-22-15-23(13-12-21(22)14-19)24-26-16-20(17-27-24)9-6-4-5-8-18(2)25/h3,10-18H,1,4-5,7-8H2,2H3. The van der Waals surface area contributed by atoms with Crippen LogP contribution in [0.15, 0.2) is 61.4 Å². The van der Waals surface area contributed by atoms with Crippen molar-refractivity contribution in [2.45, 2.75) is 38.8 Å². The maximum absolute atomic E-state index is 12.7. The molecule has 3 heteroatoms. The molecule has 27 heavy (non-hydrogen) atoms. The van der Waals surface area contributed by atoms with Gasteiger partial charge in [-0.3, -0.25) is 0 Å². The Morgan fingerprint density at radius 3 is 2.59 bits per heavy atom. The molecule has 136 valence electrons. The molecule has 3 aromatic rings. The Morgan fingerprint density at radius 1 is 1.11 bits per heavy atom. The number of unbranched alkanes of at least 4 members (excludes halogenated alkanes) is 1. The third-order valence-electron chi connectivity index (χ3n) is 4.33. The van der Waals surface area contributed by atoms with Gasteiger partial charge >= 0.3 is 0 Å². The third kappa shape index (κ3) is 5.24. The van der Waals surface area contributed by atoms with Gasteiger partial charge in [-0.05, 0) is 48.6 Å². The Morgan fingerprint density at radius 2 is 1.85 bits per heavy atom. The molecule has 1 atom stereocenters. The summed E-state index contributed by atoms with van der Waals surface area (Å²) in [5, 5.41) is 2.36. The van der Waals surface area contributed by atoms with E-state index < -0.39 is 6.17 Å². The highest BCUT2D eigenvalue weighted by molar-refractivity contribution is 5.87. The van der Waals surface area contributed by atoms with Gasteiger partial charge in [0, 0.05) is 24.4 Å². The number of fused-ring (bicyclic) bond motifs is 1. The second-order valence-corrected chi connectivity index (χ2v) is 6.66. The van der Waals surface area contributed by atoms with Crippen LogP contribution in [-0.2, 0) is 6.42 Å². The molecule has 0 saturated heterocycles. The van der Waals surface area contributed by atoms with Crippen molar-refractivity contribution in [1.82, 2.24) is 9.97 Å². The van der Waals surface area contributed by atoms with Gasteiger partial charge in [-0.2, -0.15) is 0 Å². The van der Waals surface area contributed by atoms with E-state index in [1.807, 2.05) is 12.1 Å². The zero-order valence-corrected chi connectivity index (χ0v) is 15.6. The van der Waals surface area contributed by atoms with Gasteiger partial charge < -0.3 is 0 Å². The number of hydrogen-bond acceptors (Lipinski definition) is 2. The lowest BCUT2D eigenvalue weighted by molar-refractivity contribution is 0.336. The van der Waals surface area contributed by atoms with Crippen molar-refractivity contribution in [3.8, 4) is 23.2 Å². The normalized spacial score (nSPS) is 11.6. The van der Waals surface area contributed by atoms with Crippen molar-refractivity contribution in [3.05, 3.63) is 72.6 Å². The van der Waals surface area contributed by atoms with Crippen LogP contribution in [-0.4, -0.2) is 16.1 Å². The molecule has 0 spiro atoms. The average molecular weight is 358 g/mol. The number of halogens is 1. The fourth-order valence-electron chi connectivity index (χ4n) is 2.91. The van der Waals surface area contributed by atoms with Crippen LogP contribution in [0.25, 0.3) is 22.2 Å². The summed E-state index contributed by atoms with van der Waals surface area (Å²) in [5.41, 5.74) is 3.02. The lowest BCUT2D eigenvalue weighted by atomic mass is 10.0. The number of nitrogens with zero attached hydrogens (tertiary/aromatic N) is 2. The first-order valence-electron chi connectivity index (χ1n) is 9.24. The van der Waals surface area contributed by atoms with E-state index in [1.165, 1.54) is 10.9 Å². The number of aromatic nitrogens is 2. The molecule has 2 nitrogen and oxygen atoms in total. The van der Waals surface area contributed by atoms with Gasteiger partial charge in [0.25, 0.3) is 0 Å². The van der Waals surface area contributed by atoms with Crippen LogP contribution < -0.4 is 0 Å². The zero-order valence-electron chi connectivity index (χ0n) is 15.6. The fraction of sp³-hybridized carbons (Fsp3) is 0.250. The summed E-state index contributed by atoms with van der Waals surface area (Å²) in [7, 11) is 0. The second kappa shape index (κ2) is 9.09. The molecular weight excluding hydrogens is 335 g/mol. The highest BCUT2D eigenvalue weighted by Crippen LogP contribution is 2.23. The van der Waals surface area contributed by atoms with E-state index >= 15 is 0 Å². The van der Waals surface area contributed by atoms with Crippen LogP contribution >= 0.6 is 0 Å². The lowest BCUT2D eigenvalue weighted by Gasteiger charge is -2.05. The fourth-order valence-corrected chi connectivity index (χ4v) is 2.91. The Bertz CT molecular complexity index is 979. The van der Waals surface area contributed by atoms with Crippen molar-refractivity contribution in [2.24, 2.45) is 0 Å². The minimum Gasteiger partial charge on any atom is -0.248 e. The minimum absolute atomic E-state index is 0.557. The minimum atomic E-state index is -0.759. The Hall–Kier alpha value is -2.99. The molecular formula is C24H23FN2. The average Bonchev–Trinajstić information content (AvgIpc) is 2.68. The summed E-state index contributed by atoms with van der Waals surface area (Å²) >= 11 is 0. The molecule has 0 saturated carbocycles. The largest absolute Gasteiger partial charge is 0.248 e. The van der Waals surface area contributed by atoms with Crippen LogP contribution in [0.2, 0.25) is 0 Å². The van der Waals surface area contributed by atoms with Gasteiger partial charge in [-0.15, -0.1) is 6.58 Å². The molecule has 0 bridgehead atoms. The van der Waals surface area contributed by atoms with Crippen LogP contribution in [0, 0.1) is 11.8 Å². The van der Waals surface area contributed by atoms with Crippen LogP contribution in [0.3, 0.4) is 0 Å². The summed E-state index contributed by atoms with van der Waals surface area (Å²) in [6.07, 6.45) is 7.52. The number of allylic oxidation sites excluding steroid dienone is 1. The summed E-state index contributed by atoms with van der Waals surface area (Å²) in [5.74, 6) is 6.78. The molecule has 1 unspecified atom stereocenters. The van der Waals surface area contributed by atoms with Crippen LogP contribution in [0.5, 0.6) is 0 Å². The van der Waals surface area contributed by atoms with E-state index in [4.69, 9.17) is 0 Å². The van der Waals surface area contributed by atoms with Crippen molar-refractivity contribution in [3.63, 3.8) is 0 Å². The summed E-state index contributed by atoms with van der Waals surface area (Å²) in [6, 6.07) is 12.7. The Kier molecular flexibility index (Phi) is 6.33. The van der Waals surface area contributed by atoms with Gasteiger partial charge in [0.2, 0.25) is 0 Å². The molecule has 0 aliphatic heterocycles. The maximum atomic E-state index is 12.7. The van der Waals surface area contributed by atoms with E-state index in [1.54, 1.807) is 19.3 Å². The van der Waals surface area contributed by atoms with Crippen molar-refractivity contribution < 1.29 is 4.39 Å². The van der Waals surface area contributed by atoms with E-state index in [0.717, 1.165) is 29.4 Å². The van der Waals surface area contributed by atoms with E-state index in [-0.39, 0.29) is 0 Å². The molecule has 1 aromatic heterocycles. The molecule has 3 rings (SSSR count). The van der Waals surface area contributed by atoms with E-state index in [0.29, 0.717) is 18.7 Å². The molecule has 0 aliphatic carbocycles. The predicted octanol–water partition coefficient (Wildman–Crippen LogP) is 5.91. The first kappa shape index (κ1) is 18.8. The Balaban J connectivity index is 1.72. The number of hydrogen-bond donors (Lipinski definition) is 0. The number of rotatable bonds is 6. The molecule has 2 aromatic carbocycles. The first-order valence-corrected chi connectivity index (χ1v) is 9.24. The second-order valence-electron chi connectivity index (χ2n) is 6.66. The van der Waals surface area contributed by atoms with Crippen LogP contribution in [0.1, 0.15) is 37.3 Å². The zero-order chi connectivity index (χ0) is 19.1. The highest BCUT2D eigenvalue weighted by Gasteiger charge is 2.03.